The fourth-order valence-corrected chi connectivity index (χ4v) is 1.52. The smallest absolute Gasteiger partial charge is 0.335 e. The molecular weight excluding hydrogens is 222 g/mol. The first kappa shape index (κ1) is 11.1. The van der Waals surface area contributed by atoms with Gasteiger partial charge < -0.3 is 9.84 Å². The van der Waals surface area contributed by atoms with Crippen LogP contribution in [0.5, 0.6) is 5.75 Å². The molecule has 0 aliphatic heterocycles. The number of aromatic nitrogens is 3. The van der Waals surface area contributed by atoms with Gasteiger partial charge in [-0.05, 0) is 25.1 Å². The molecule has 1 heterocycles. The van der Waals surface area contributed by atoms with Crippen LogP contribution < -0.4 is 4.74 Å². The highest BCUT2D eigenvalue weighted by molar-refractivity contribution is 5.88. The fraction of sp³-hybridized carbons (Fsp3) is 0.182. The maximum absolute atomic E-state index is 10.8. The molecule has 0 unspecified atom stereocenters. The summed E-state index contributed by atoms with van der Waals surface area (Å²) >= 11 is 0. The molecule has 2 rings (SSSR count). The molecule has 0 bridgehead atoms. The van der Waals surface area contributed by atoms with Gasteiger partial charge in [0.2, 0.25) is 0 Å². The van der Waals surface area contributed by atoms with E-state index in [-0.39, 0.29) is 5.56 Å². The monoisotopic (exact) mass is 233 g/mol. The lowest BCUT2D eigenvalue weighted by atomic mass is 10.2. The molecule has 0 fully saturated rings. The van der Waals surface area contributed by atoms with Gasteiger partial charge in [0.15, 0.2) is 0 Å². The van der Waals surface area contributed by atoms with Gasteiger partial charge >= 0.3 is 5.97 Å². The van der Waals surface area contributed by atoms with Crippen molar-refractivity contribution in [2.45, 2.75) is 6.92 Å². The second-order valence-electron chi connectivity index (χ2n) is 3.41. The summed E-state index contributed by atoms with van der Waals surface area (Å²) in [5, 5.41) is 12.9. The maximum atomic E-state index is 10.8. The normalized spacial score (nSPS) is 10.2. The van der Waals surface area contributed by atoms with E-state index in [9.17, 15) is 4.79 Å². The number of hydrogen-bond donors (Lipinski definition) is 1. The van der Waals surface area contributed by atoms with Crippen LogP contribution in [0.15, 0.2) is 24.5 Å². The van der Waals surface area contributed by atoms with Crippen molar-refractivity contribution in [2.75, 3.05) is 7.11 Å². The SMILES string of the molecule is COc1cc(C(=O)O)ccc1-n1ncnc1C. The third kappa shape index (κ3) is 1.96. The lowest BCUT2D eigenvalue weighted by Gasteiger charge is -2.09. The Bertz CT molecular complexity index is 563. The number of aryl methyl sites for hydroxylation is 1. The zero-order valence-corrected chi connectivity index (χ0v) is 9.41. The van der Waals surface area contributed by atoms with Crippen molar-refractivity contribution in [1.82, 2.24) is 14.8 Å². The van der Waals surface area contributed by atoms with Crippen molar-refractivity contribution < 1.29 is 14.6 Å². The van der Waals surface area contributed by atoms with Crippen molar-refractivity contribution in [3.05, 3.63) is 35.9 Å². The maximum Gasteiger partial charge on any atom is 0.335 e. The molecule has 6 nitrogen and oxygen atoms in total. The van der Waals surface area contributed by atoms with Gasteiger partial charge in [-0.3, -0.25) is 0 Å². The van der Waals surface area contributed by atoms with Gasteiger partial charge in [-0.2, -0.15) is 5.10 Å². The molecule has 0 amide bonds. The van der Waals surface area contributed by atoms with E-state index in [4.69, 9.17) is 9.84 Å². The van der Waals surface area contributed by atoms with Crippen LogP contribution >= 0.6 is 0 Å². The first-order valence-electron chi connectivity index (χ1n) is 4.92. The van der Waals surface area contributed by atoms with Crippen molar-refractivity contribution in [3.63, 3.8) is 0 Å². The van der Waals surface area contributed by atoms with Crippen molar-refractivity contribution >= 4 is 5.97 Å². The van der Waals surface area contributed by atoms with E-state index in [0.29, 0.717) is 17.3 Å². The molecule has 2 aromatic rings. The fourth-order valence-electron chi connectivity index (χ4n) is 1.52. The lowest BCUT2D eigenvalue weighted by molar-refractivity contribution is 0.0696. The molecule has 17 heavy (non-hydrogen) atoms. The minimum Gasteiger partial charge on any atom is -0.494 e. The lowest BCUT2D eigenvalue weighted by Crippen LogP contribution is -2.04. The summed E-state index contributed by atoms with van der Waals surface area (Å²) in [4.78, 5) is 14.8. The molecule has 1 aromatic heterocycles. The highest BCUT2D eigenvalue weighted by atomic mass is 16.5. The van der Waals surface area contributed by atoms with Gasteiger partial charge in [0.25, 0.3) is 0 Å². The largest absolute Gasteiger partial charge is 0.494 e. The molecule has 0 saturated heterocycles. The summed E-state index contributed by atoms with van der Waals surface area (Å²) in [5.41, 5.74) is 0.830. The molecule has 0 aliphatic rings. The number of hydrogen-bond acceptors (Lipinski definition) is 4. The first-order chi connectivity index (χ1) is 8.13. The predicted octanol–water partition coefficient (Wildman–Crippen LogP) is 1.28. The average Bonchev–Trinajstić information content (AvgIpc) is 2.74. The van der Waals surface area contributed by atoms with Gasteiger partial charge in [0.05, 0.1) is 12.7 Å². The third-order valence-corrected chi connectivity index (χ3v) is 2.37. The quantitative estimate of drug-likeness (QED) is 0.864. The van der Waals surface area contributed by atoms with Gasteiger partial charge in [0, 0.05) is 0 Å². The number of rotatable bonds is 3. The summed E-state index contributed by atoms with van der Waals surface area (Å²) in [7, 11) is 1.48. The predicted molar refractivity (Wildman–Crippen MR) is 59.6 cm³/mol. The second kappa shape index (κ2) is 4.25. The highest BCUT2D eigenvalue weighted by Gasteiger charge is 2.12. The third-order valence-electron chi connectivity index (χ3n) is 2.37. The van der Waals surface area contributed by atoms with Crippen LogP contribution in [0, 0.1) is 6.92 Å². The molecule has 6 heteroatoms. The van der Waals surface area contributed by atoms with Crippen LogP contribution in [0.25, 0.3) is 5.69 Å². The number of carboxylic acid groups (broad SMARTS) is 1. The minimum atomic E-state index is -0.995. The van der Waals surface area contributed by atoms with Crippen molar-refractivity contribution in [1.29, 1.82) is 0 Å². The number of carbonyl (C=O) groups is 1. The summed E-state index contributed by atoms with van der Waals surface area (Å²) in [6.45, 7) is 1.80. The number of benzene rings is 1. The van der Waals surface area contributed by atoms with Crippen LogP contribution in [0.1, 0.15) is 16.2 Å². The Morgan fingerprint density at radius 3 is 2.76 bits per heavy atom. The Kier molecular flexibility index (Phi) is 2.78. The molecule has 1 N–H and O–H groups in total. The van der Waals surface area contributed by atoms with Gasteiger partial charge in [-0.25, -0.2) is 14.5 Å². The molecule has 0 spiro atoms. The minimum absolute atomic E-state index is 0.170. The number of carboxylic acids is 1. The van der Waals surface area contributed by atoms with Crippen LogP contribution in [0.4, 0.5) is 0 Å². The molecule has 0 atom stereocenters. The van der Waals surface area contributed by atoms with E-state index in [1.54, 1.807) is 17.7 Å². The van der Waals surface area contributed by atoms with Gasteiger partial charge in [0.1, 0.15) is 23.6 Å². The summed E-state index contributed by atoms with van der Waals surface area (Å²) in [6.07, 6.45) is 1.43. The van der Waals surface area contributed by atoms with Crippen LogP contribution in [-0.2, 0) is 0 Å². The Morgan fingerprint density at radius 1 is 1.47 bits per heavy atom. The summed E-state index contributed by atoms with van der Waals surface area (Å²) in [6, 6.07) is 4.60. The van der Waals surface area contributed by atoms with Gasteiger partial charge in [-0.1, -0.05) is 0 Å². The molecule has 0 aliphatic carbocycles. The molecule has 1 aromatic carbocycles. The zero-order valence-electron chi connectivity index (χ0n) is 9.41. The zero-order chi connectivity index (χ0) is 12.4. The number of methoxy groups -OCH3 is 1. The summed E-state index contributed by atoms with van der Waals surface area (Å²) < 4.78 is 6.75. The van der Waals surface area contributed by atoms with E-state index in [0.717, 1.165) is 0 Å². The Balaban J connectivity index is 2.56. The van der Waals surface area contributed by atoms with E-state index in [1.165, 1.54) is 25.6 Å². The molecule has 0 radical (unpaired) electrons. The second-order valence-corrected chi connectivity index (χ2v) is 3.41. The molecule has 88 valence electrons. The van der Waals surface area contributed by atoms with E-state index in [1.807, 2.05) is 0 Å². The Labute approximate surface area is 97.5 Å². The van der Waals surface area contributed by atoms with Crippen LogP contribution in [0.2, 0.25) is 0 Å². The number of aromatic carboxylic acids is 1. The van der Waals surface area contributed by atoms with Gasteiger partial charge in [-0.15, -0.1) is 0 Å². The molecular formula is C11H11N3O3. The Morgan fingerprint density at radius 2 is 2.24 bits per heavy atom. The Hall–Kier alpha value is -2.37. The highest BCUT2D eigenvalue weighted by Crippen LogP contribution is 2.24. The first-order valence-corrected chi connectivity index (χ1v) is 4.92. The van der Waals surface area contributed by atoms with E-state index < -0.39 is 5.97 Å². The molecule has 0 saturated carbocycles. The summed E-state index contributed by atoms with van der Waals surface area (Å²) in [5.74, 6) is 0.148. The van der Waals surface area contributed by atoms with Crippen LogP contribution in [-0.4, -0.2) is 33.0 Å². The number of ether oxygens (including phenoxy) is 1. The van der Waals surface area contributed by atoms with E-state index >= 15 is 0 Å². The number of nitrogens with zero attached hydrogens (tertiary/aromatic N) is 3. The van der Waals surface area contributed by atoms with Crippen molar-refractivity contribution in [3.8, 4) is 11.4 Å². The average molecular weight is 233 g/mol. The van der Waals surface area contributed by atoms with Crippen molar-refractivity contribution in [2.24, 2.45) is 0 Å². The van der Waals surface area contributed by atoms with Crippen LogP contribution in [0.3, 0.4) is 0 Å². The standard InChI is InChI=1S/C11H11N3O3/c1-7-12-6-13-14(7)9-4-3-8(11(15)16)5-10(9)17-2/h3-6H,1-2H3,(H,15,16). The van der Waals surface area contributed by atoms with E-state index in [2.05, 4.69) is 10.1 Å². The topological polar surface area (TPSA) is 77.2 Å².